The maximum atomic E-state index is 11.1. The van der Waals surface area contributed by atoms with Gasteiger partial charge in [0.15, 0.2) is 0 Å². The Kier molecular flexibility index (Phi) is 6.21. The number of hydrogen-bond acceptors (Lipinski definition) is 5. The lowest BCUT2D eigenvalue weighted by Crippen LogP contribution is -2.34. The molecule has 0 saturated heterocycles. The molecule has 0 spiro atoms. The molecule has 1 rings (SSSR count). The van der Waals surface area contributed by atoms with Gasteiger partial charge in [-0.1, -0.05) is 20.8 Å². The monoisotopic (exact) mass is 279 g/mol. The Balaban J connectivity index is 3.08. The van der Waals surface area contributed by atoms with Crippen LogP contribution in [0, 0.1) is 0 Å². The van der Waals surface area contributed by atoms with Crippen molar-refractivity contribution in [2.75, 3.05) is 29.9 Å². The second-order valence-electron chi connectivity index (χ2n) is 5.03. The van der Waals surface area contributed by atoms with E-state index in [0.717, 1.165) is 30.4 Å². The van der Waals surface area contributed by atoms with Gasteiger partial charge < -0.3 is 16.0 Å². The lowest BCUT2D eigenvalue weighted by molar-refractivity contribution is -0.116. The molecule has 1 amide bonds. The number of nitrogens with two attached hydrogens (primary N) is 1. The summed E-state index contributed by atoms with van der Waals surface area (Å²) in [6.45, 7) is 9.86. The van der Waals surface area contributed by atoms with Crippen LogP contribution in [0.3, 0.4) is 0 Å². The molecule has 20 heavy (non-hydrogen) atoms. The number of nitrogens with zero attached hydrogens (tertiary/aromatic N) is 3. The molecule has 6 nitrogen and oxygen atoms in total. The van der Waals surface area contributed by atoms with Crippen molar-refractivity contribution in [2.24, 2.45) is 5.73 Å². The summed E-state index contributed by atoms with van der Waals surface area (Å²) in [5.74, 6) is 2.17. The SMILES string of the molecule is CCCNc1cc(N(CC)CC(N)=O)nc(C(C)C)n1. The Morgan fingerprint density at radius 1 is 1.40 bits per heavy atom. The van der Waals surface area contributed by atoms with Gasteiger partial charge in [0.2, 0.25) is 5.91 Å². The molecule has 0 aliphatic heterocycles. The van der Waals surface area contributed by atoms with E-state index in [1.807, 2.05) is 31.7 Å². The lowest BCUT2D eigenvalue weighted by Gasteiger charge is -2.22. The quantitative estimate of drug-likeness (QED) is 0.757. The summed E-state index contributed by atoms with van der Waals surface area (Å²) >= 11 is 0. The number of likely N-dealkylation sites (N-methyl/N-ethyl adjacent to an activating group) is 1. The second-order valence-corrected chi connectivity index (χ2v) is 5.03. The van der Waals surface area contributed by atoms with Crippen molar-refractivity contribution in [1.82, 2.24) is 9.97 Å². The number of hydrogen-bond donors (Lipinski definition) is 2. The molecular weight excluding hydrogens is 254 g/mol. The Hall–Kier alpha value is -1.85. The van der Waals surface area contributed by atoms with E-state index in [0.29, 0.717) is 6.54 Å². The normalized spacial score (nSPS) is 10.7. The van der Waals surface area contributed by atoms with Crippen LogP contribution in [0.2, 0.25) is 0 Å². The molecule has 0 unspecified atom stereocenters. The third kappa shape index (κ3) is 4.68. The average Bonchev–Trinajstić information content (AvgIpc) is 2.41. The molecule has 112 valence electrons. The second kappa shape index (κ2) is 7.67. The van der Waals surface area contributed by atoms with Crippen LogP contribution in [0.25, 0.3) is 0 Å². The molecule has 0 atom stereocenters. The number of anilines is 2. The molecule has 0 aliphatic rings. The Morgan fingerprint density at radius 3 is 2.60 bits per heavy atom. The molecule has 0 bridgehead atoms. The number of primary amides is 1. The maximum absolute atomic E-state index is 11.1. The summed E-state index contributed by atoms with van der Waals surface area (Å²) in [6.07, 6.45) is 1.02. The molecule has 1 heterocycles. The van der Waals surface area contributed by atoms with Gasteiger partial charge in [-0.25, -0.2) is 9.97 Å². The minimum Gasteiger partial charge on any atom is -0.370 e. The molecule has 6 heteroatoms. The number of carbonyl (C=O) groups excluding carboxylic acids is 1. The van der Waals surface area contributed by atoms with Gasteiger partial charge in [-0.05, 0) is 13.3 Å². The largest absolute Gasteiger partial charge is 0.370 e. The minimum atomic E-state index is -0.361. The fourth-order valence-corrected chi connectivity index (χ4v) is 1.76. The van der Waals surface area contributed by atoms with Crippen molar-refractivity contribution in [2.45, 2.75) is 40.0 Å². The summed E-state index contributed by atoms with van der Waals surface area (Å²) in [5.41, 5.74) is 5.28. The summed E-state index contributed by atoms with van der Waals surface area (Å²) < 4.78 is 0. The molecule has 1 aromatic rings. The first-order valence-electron chi connectivity index (χ1n) is 7.14. The van der Waals surface area contributed by atoms with Crippen molar-refractivity contribution < 1.29 is 4.79 Å². The van der Waals surface area contributed by atoms with E-state index in [-0.39, 0.29) is 18.4 Å². The van der Waals surface area contributed by atoms with E-state index in [9.17, 15) is 4.79 Å². The molecule has 3 N–H and O–H groups in total. The van der Waals surface area contributed by atoms with Gasteiger partial charge in [0.25, 0.3) is 0 Å². The van der Waals surface area contributed by atoms with Crippen LogP contribution in [-0.4, -0.2) is 35.5 Å². The van der Waals surface area contributed by atoms with E-state index in [1.54, 1.807) is 0 Å². The van der Waals surface area contributed by atoms with Crippen LogP contribution >= 0.6 is 0 Å². The maximum Gasteiger partial charge on any atom is 0.236 e. The van der Waals surface area contributed by atoms with Gasteiger partial charge in [0.05, 0.1) is 6.54 Å². The number of nitrogens with one attached hydrogen (secondary N) is 1. The van der Waals surface area contributed by atoms with Gasteiger partial charge >= 0.3 is 0 Å². The Morgan fingerprint density at radius 2 is 2.10 bits per heavy atom. The van der Waals surface area contributed by atoms with E-state index >= 15 is 0 Å². The number of carbonyl (C=O) groups is 1. The predicted molar refractivity (Wildman–Crippen MR) is 82.0 cm³/mol. The van der Waals surface area contributed by atoms with Crippen LogP contribution in [0.1, 0.15) is 45.9 Å². The molecule has 0 fully saturated rings. The fraction of sp³-hybridized carbons (Fsp3) is 0.643. The van der Waals surface area contributed by atoms with E-state index in [1.165, 1.54) is 0 Å². The van der Waals surface area contributed by atoms with Crippen molar-refractivity contribution in [3.05, 3.63) is 11.9 Å². The van der Waals surface area contributed by atoms with E-state index in [4.69, 9.17) is 5.73 Å². The van der Waals surface area contributed by atoms with Crippen LogP contribution in [-0.2, 0) is 4.79 Å². The van der Waals surface area contributed by atoms with Gasteiger partial charge in [-0.3, -0.25) is 4.79 Å². The number of amides is 1. The van der Waals surface area contributed by atoms with Gasteiger partial charge in [-0.2, -0.15) is 0 Å². The first-order valence-corrected chi connectivity index (χ1v) is 7.14. The van der Waals surface area contributed by atoms with Gasteiger partial charge in [-0.15, -0.1) is 0 Å². The van der Waals surface area contributed by atoms with Crippen molar-refractivity contribution in [1.29, 1.82) is 0 Å². The van der Waals surface area contributed by atoms with Crippen LogP contribution in [0.5, 0.6) is 0 Å². The van der Waals surface area contributed by atoms with Gasteiger partial charge in [0.1, 0.15) is 17.5 Å². The zero-order chi connectivity index (χ0) is 15.1. The van der Waals surface area contributed by atoms with Crippen molar-refractivity contribution >= 4 is 17.5 Å². The third-order valence-corrected chi connectivity index (χ3v) is 2.85. The fourth-order valence-electron chi connectivity index (χ4n) is 1.76. The zero-order valence-electron chi connectivity index (χ0n) is 12.8. The highest BCUT2D eigenvalue weighted by atomic mass is 16.1. The van der Waals surface area contributed by atoms with Crippen molar-refractivity contribution in [3.63, 3.8) is 0 Å². The topological polar surface area (TPSA) is 84.1 Å². The smallest absolute Gasteiger partial charge is 0.236 e. The van der Waals surface area contributed by atoms with Gasteiger partial charge in [0, 0.05) is 25.1 Å². The first-order chi connectivity index (χ1) is 9.47. The highest BCUT2D eigenvalue weighted by Gasteiger charge is 2.13. The Labute approximate surface area is 120 Å². The summed E-state index contributed by atoms with van der Waals surface area (Å²) in [7, 11) is 0. The first kappa shape index (κ1) is 16.2. The standard InChI is InChI=1S/C14H25N5O/c1-5-7-16-12-8-13(18-14(17-12)10(3)4)19(6-2)9-11(15)20/h8,10H,5-7,9H2,1-4H3,(H2,15,20)(H,16,17,18). The molecular formula is C14H25N5O. The van der Waals surface area contributed by atoms with E-state index in [2.05, 4.69) is 22.2 Å². The van der Waals surface area contributed by atoms with E-state index < -0.39 is 0 Å². The molecule has 0 saturated carbocycles. The average molecular weight is 279 g/mol. The third-order valence-electron chi connectivity index (χ3n) is 2.85. The molecule has 0 radical (unpaired) electrons. The molecule has 1 aromatic heterocycles. The summed E-state index contributed by atoms with van der Waals surface area (Å²) in [5, 5.41) is 3.27. The minimum absolute atomic E-state index is 0.165. The van der Waals surface area contributed by atoms with Crippen LogP contribution in [0.15, 0.2) is 6.07 Å². The Bertz CT molecular complexity index is 447. The highest BCUT2D eigenvalue weighted by Crippen LogP contribution is 2.20. The number of aromatic nitrogens is 2. The summed E-state index contributed by atoms with van der Waals surface area (Å²) in [4.78, 5) is 22.0. The van der Waals surface area contributed by atoms with Crippen molar-refractivity contribution in [3.8, 4) is 0 Å². The van der Waals surface area contributed by atoms with Crippen LogP contribution < -0.4 is 16.0 Å². The lowest BCUT2D eigenvalue weighted by atomic mass is 10.2. The molecule has 0 aliphatic carbocycles. The zero-order valence-corrected chi connectivity index (χ0v) is 12.8. The summed E-state index contributed by atoms with van der Waals surface area (Å²) in [6, 6.07) is 1.87. The number of rotatable bonds is 8. The molecule has 0 aromatic carbocycles. The predicted octanol–water partition coefficient (Wildman–Crippen LogP) is 1.73. The highest BCUT2D eigenvalue weighted by molar-refractivity contribution is 5.79. The van der Waals surface area contributed by atoms with Crippen LogP contribution in [0.4, 0.5) is 11.6 Å².